The van der Waals surface area contributed by atoms with E-state index in [0.29, 0.717) is 11.3 Å². The van der Waals surface area contributed by atoms with Gasteiger partial charge >= 0.3 is 0 Å². The number of aryl methyl sites for hydroxylation is 1. The summed E-state index contributed by atoms with van der Waals surface area (Å²) in [7, 11) is -3.73. The molecule has 0 spiro atoms. The van der Waals surface area contributed by atoms with Gasteiger partial charge in [-0.2, -0.15) is 0 Å². The highest BCUT2D eigenvalue weighted by Crippen LogP contribution is 2.35. The highest BCUT2D eigenvalue weighted by Gasteiger charge is 2.25. The lowest BCUT2D eigenvalue weighted by molar-refractivity contribution is 0.0981. The van der Waals surface area contributed by atoms with Gasteiger partial charge in [0.2, 0.25) is 10.0 Å². The number of benzene rings is 3. The number of nitrogens with one attached hydrogen (secondary N) is 2. The molecule has 3 aromatic carbocycles. The number of hydrogen-bond acceptors (Lipinski definition) is 5. The summed E-state index contributed by atoms with van der Waals surface area (Å²) in [6, 6.07) is 24.3. The second kappa shape index (κ2) is 9.15. The van der Waals surface area contributed by atoms with Crippen molar-refractivity contribution in [1.29, 1.82) is 0 Å². The first-order valence-electron chi connectivity index (χ1n) is 11.7. The maximum atomic E-state index is 13.2. The van der Waals surface area contributed by atoms with E-state index in [2.05, 4.69) is 39.3 Å². The number of pyridine rings is 1. The zero-order valence-electron chi connectivity index (χ0n) is 19.7. The lowest BCUT2D eigenvalue weighted by atomic mass is 9.93. The van der Waals surface area contributed by atoms with E-state index in [0.717, 1.165) is 35.0 Å². The first kappa shape index (κ1) is 23.1. The number of sulfonamides is 1. The Bertz CT molecular complexity index is 1510. The molecule has 2 N–H and O–H groups in total. The van der Waals surface area contributed by atoms with Gasteiger partial charge in [-0.15, -0.1) is 0 Å². The molecule has 0 saturated carbocycles. The predicted molar refractivity (Wildman–Crippen MR) is 140 cm³/mol. The van der Waals surface area contributed by atoms with Crippen molar-refractivity contribution in [2.75, 3.05) is 11.1 Å². The third kappa shape index (κ3) is 4.64. The summed E-state index contributed by atoms with van der Waals surface area (Å²) in [5, 5.41) is 4.44. The smallest absolute Gasteiger partial charge is 0.267 e. The first-order valence-corrected chi connectivity index (χ1v) is 13.4. The minimum atomic E-state index is -3.73. The Morgan fingerprint density at radius 1 is 0.971 bits per heavy atom. The number of anilines is 1. The normalized spacial score (nSPS) is 13.5. The summed E-state index contributed by atoms with van der Waals surface area (Å²) in [5.41, 5.74) is 6.66. The molecule has 0 fully saturated rings. The van der Waals surface area contributed by atoms with Gasteiger partial charge in [0.25, 0.3) is 5.91 Å². The fourth-order valence-electron chi connectivity index (χ4n) is 4.82. The van der Waals surface area contributed by atoms with Crippen LogP contribution in [0.1, 0.15) is 34.1 Å². The molecule has 0 bridgehead atoms. The average molecular weight is 486 g/mol. The fourth-order valence-corrected chi connectivity index (χ4v) is 5.35. The highest BCUT2D eigenvalue weighted by molar-refractivity contribution is 7.90. The average Bonchev–Trinajstić information content (AvgIpc) is 3.26. The Kier molecular flexibility index (Phi) is 6.03. The van der Waals surface area contributed by atoms with E-state index >= 15 is 0 Å². The zero-order chi connectivity index (χ0) is 24.6. The molecule has 178 valence electrons. The van der Waals surface area contributed by atoms with E-state index in [1.54, 1.807) is 6.92 Å². The molecule has 1 amide bonds. The molecule has 5 rings (SSSR count). The van der Waals surface area contributed by atoms with Crippen molar-refractivity contribution in [3.63, 3.8) is 0 Å². The van der Waals surface area contributed by atoms with Gasteiger partial charge in [0.1, 0.15) is 0 Å². The van der Waals surface area contributed by atoms with Crippen molar-refractivity contribution in [2.45, 2.75) is 32.7 Å². The zero-order valence-corrected chi connectivity index (χ0v) is 20.5. The molecule has 0 unspecified atom stereocenters. The third-order valence-corrected chi connectivity index (χ3v) is 7.76. The van der Waals surface area contributed by atoms with E-state index in [9.17, 15) is 13.2 Å². The van der Waals surface area contributed by atoms with Crippen LogP contribution in [0.25, 0.3) is 22.0 Å². The number of hydrogen-bond donors (Lipinski definition) is 2. The number of carbonyl (C=O) groups is 1. The second-order valence-corrected chi connectivity index (χ2v) is 10.9. The molecule has 0 radical (unpaired) electrons. The minimum Gasteiger partial charge on any atom is -0.382 e. The molecule has 1 heterocycles. The second-order valence-electron chi connectivity index (χ2n) is 8.90. The van der Waals surface area contributed by atoms with Crippen LogP contribution in [0.15, 0.2) is 72.8 Å². The van der Waals surface area contributed by atoms with Gasteiger partial charge < -0.3 is 5.32 Å². The SMILES string of the molecule is CCS(=O)(=O)NC(=O)c1c(C)nc2ccc(NC3Cc4ccccc4C3)cc2c1-c1ccccc1. The van der Waals surface area contributed by atoms with Crippen LogP contribution in [0, 0.1) is 6.92 Å². The number of aromatic nitrogens is 1. The van der Waals surface area contributed by atoms with Crippen molar-refractivity contribution < 1.29 is 13.2 Å². The topological polar surface area (TPSA) is 88.2 Å². The number of fused-ring (bicyclic) bond motifs is 2. The maximum Gasteiger partial charge on any atom is 0.267 e. The highest BCUT2D eigenvalue weighted by atomic mass is 32.2. The molecule has 6 nitrogen and oxygen atoms in total. The van der Waals surface area contributed by atoms with Crippen LogP contribution in [-0.4, -0.2) is 31.1 Å². The van der Waals surface area contributed by atoms with Crippen LogP contribution in [0.2, 0.25) is 0 Å². The molecule has 0 atom stereocenters. The van der Waals surface area contributed by atoms with Gasteiger partial charge in [-0.25, -0.2) is 13.1 Å². The quantitative estimate of drug-likeness (QED) is 0.407. The molecular weight excluding hydrogens is 458 g/mol. The lowest BCUT2D eigenvalue weighted by Crippen LogP contribution is -2.32. The van der Waals surface area contributed by atoms with Crippen LogP contribution in [-0.2, 0) is 22.9 Å². The van der Waals surface area contributed by atoms with Crippen LogP contribution in [0.5, 0.6) is 0 Å². The summed E-state index contributed by atoms with van der Waals surface area (Å²) < 4.78 is 26.6. The van der Waals surface area contributed by atoms with Gasteiger partial charge in [0.05, 0.1) is 22.5 Å². The molecule has 1 aliphatic carbocycles. The number of carbonyl (C=O) groups excluding carboxylic acids is 1. The van der Waals surface area contributed by atoms with Crippen LogP contribution in [0.4, 0.5) is 5.69 Å². The monoisotopic (exact) mass is 485 g/mol. The predicted octanol–water partition coefficient (Wildman–Crippen LogP) is 4.87. The molecule has 4 aromatic rings. The Morgan fingerprint density at radius 2 is 1.63 bits per heavy atom. The summed E-state index contributed by atoms with van der Waals surface area (Å²) in [6.07, 6.45) is 1.91. The van der Waals surface area contributed by atoms with E-state index in [4.69, 9.17) is 0 Å². The largest absolute Gasteiger partial charge is 0.382 e. The molecule has 35 heavy (non-hydrogen) atoms. The molecule has 0 aliphatic heterocycles. The Labute approximate surface area is 205 Å². The van der Waals surface area contributed by atoms with E-state index in [-0.39, 0.29) is 17.4 Å². The van der Waals surface area contributed by atoms with Gasteiger partial charge in [0.15, 0.2) is 0 Å². The molecule has 1 aromatic heterocycles. The van der Waals surface area contributed by atoms with E-state index in [1.807, 2.05) is 48.5 Å². The van der Waals surface area contributed by atoms with Crippen molar-refractivity contribution in [3.05, 3.63) is 95.2 Å². The minimum absolute atomic E-state index is 0.183. The molecule has 0 saturated heterocycles. The van der Waals surface area contributed by atoms with Gasteiger partial charge in [-0.05, 0) is 61.6 Å². The Hall–Kier alpha value is -3.71. The number of rotatable bonds is 6. The summed E-state index contributed by atoms with van der Waals surface area (Å²) in [4.78, 5) is 17.9. The van der Waals surface area contributed by atoms with Crippen molar-refractivity contribution in [3.8, 4) is 11.1 Å². The van der Waals surface area contributed by atoms with Crippen molar-refractivity contribution in [1.82, 2.24) is 9.71 Å². The van der Waals surface area contributed by atoms with Crippen LogP contribution < -0.4 is 10.0 Å². The van der Waals surface area contributed by atoms with E-state index < -0.39 is 15.9 Å². The number of nitrogens with zero attached hydrogens (tertiary/aromatic N) is 1. The van der Waals surface area contributed by atoms with E-state index in [1.165, 1.54) is 18.1 Å². The van der Waals surface area contributed by atoms with Gasteiger partial charge in [-0.3, -0.25) is 9.78 Å². The van der Waals surface area contributed by atoms with Crippen LogP contribution in [0.3, 0.4) is 0 Å². The standard InChI is InChI=1S/C28H27N3O3S/c1-3-35(33,34)31-28(32)26-18(2)29-25-14-13-22(17-24(25)27(26)19-9-5-4-6-10-19)30-23-15-20-11-7-8-12-21(20)16-23/h4-14,17,23,30H,3,15-16H2,1-2H3,(H,31,32). The third-order valence-electron chi connectivity index (χ3n) is 6.51. The Balaban J connectivity index is 1.61. The molecule has 1 aliphatic rings. The fraction of sp³-hybridized carbons (Fsp3) is 0.214. The maximum absolute atomic E-state index is 13.2. The van der Waals surface area contributed by atoms with Gasteiger partial charge in [0, 0.05) is 22.7 Å². The van der Waals surface area contributed by atoms with Crippen molar-refractivity contribution in [2.24, 2.45) is 0 Å². The Morgan fingerprint density at radius 3 is 2.29 bits per heavy atom. The first-order chi connectivity index (χ1) is 16.8. The van der Waals surface area contributed by atoms with Gasteiger partial charge in [-0.1, -0.05) is 54.6 Å². The summed E-state index contributed by atoms with van der Waals surface area (Å²) >= 11 is 0. The summed E-state index contributed by atoms with van der Waals surface area (Å²) in [5.74, 6) is -0.848. The number of amides is 1. The molecule has 7 heteroatoms. The lowest BCUT2D eigenvalue weighted by Gasteiger charge is -2.18. The molecular formula is C28H27N3O3S. The van der Waals surface area contributed by atoms with Crippen molar-refractivity contribution >= 4 is 32.5 Å². The van der Waals surface area contributed by atoms with Crippen LogP contribution >= 0.6 is 0 Å². The summed E-state index contributed by atoms with van der Waals surface area (Å²) in [6.45, 7) is 3.24.